The highest BCUT2D eigenvalue weighted by atomic mass is 19.1. The smallest absolute Gasteiger partial charge is 0.327 e. The third kappa shape index (κ3) is 3.10. The fourth-order valence-electron chi connectivity index (χ4n) is 4.10. The van der Waals surface area contributed by atoms with Gasteiger partial charge in [-0.05, 0) is 30.9 Å². The Hall–Kier alpha value is -2.64. The first-order chi connectivity index (χ1) is 13.2. The Kier molecular flexibility index (Phi) is 5.32. The number of nitrogens with zero attached hydrogens (tertiary/aromatic N) is 3. The largest absolute Gasteiger partial charge is 0.496 e. The van der Waals surface area contributed by atoms with E-state index in [4.69, 9.17) is 4.74 Å². The van der Waals surface area contributed by atoms with E-state index in [-0.39, 0.29) is 42.3 Å². The molecule has 1 aromatic carbocycles. The van der Waals surface area contributed by atoms with Crippen molar-refractivity contribution in [3.05, 3.63) is 29.6 Å². The van der Waals surface area contributed by atoms with E-state index < -0.39 is 17.3 Å². The Morgan fingerprint density at radius 2 is 1.89 bits per heavy atom. The number of carbonyl (C=O) groups excluding carboxylic acids is 3. The minimum atomic E-state index is -0.924. The highest BCUT2D eigenvalue weighted by Gasteiger charge is 2.57. The number of carbonyl (C=O) groups is 3. The lowest BCUT2D eigenvalue weighted by molar-refractivity contribution is -0.134. The number of ether oxygens (including phenoxy) is 1. The van der Waals surface area contributed by atoms with Gasteiger partial charge in [-0.25, -0.2) is 9.18 Å². The van der Waals surface area contributed by atoms with Crippen LogP contribution in [0.4, 0.5) is 9.18 Å². The second kappa shape index (κ2) is 7.41. The molecule has 2 aliphatic heterocycles. The van der Waals surface area contributed by atoms with E-state index in [2.05, 4.69) is 0 Å². The van der Waals surface area contributed by atoms with Gasteiger partial charge in [-0.1, -0.05) is 19.9 Å². The molecule has 0 N–H and O–H groups in total. The first kappa shape index (κ1) is 20.1. The standard InChI is InChI=1S/C20H26FN3O4/c1-13(2)12-24-19(27)22(3)18(26)20(24)8-10-23(11-9-20)17(25)16-14(21)6-5-7-15(16)28-4/h5-7,13H,8-12H2,1-4H3. The number of hydrogen-bond donors (Lipinski definition) is 0. The molecule has 0 aliphatic carbocycles. The van der Waals surface area contributed by atoms with E-state index in [1.54, 1.807) is 11.0 Å². The molecule has 2 heterocycles. The highest BCUT2D eigenvalue weighted by molar-refractivity contribution is 6.07. The minimum absolute atomic E-state index is 0.106. The van der Waals surface area contributed by atoms with Crippen LogP contribution >= 0.6 is 0 Å². The number of rotatable bonds is 4. The maximum Gasteiger partial charge on any atom is 0.327 e. The zero-order chi connectivity index (χ0) is 20.6. The molecule has 0 atom stereocenters. The van der Waals surface area contributed by atoms with Crippen molar-refractivity contribution in [2.75, 3.05) is 33.8 Å². The van der Waals surface area contributed by atoms with Gasteiger partial charge >= 0.3 is 6.03 Å². The van der Waals surface area contributed by atoms with Crippen LogP contribution in [-0.4, -0.2) is 71.9 Å². The molecule has 7 nitrogen and oxygen atoms in total. The molecule has 8 heteroatoms. The predicted octanol–water partition coefficient (Wildman–Crippen LogP) is 2.36. The van der Waals surface area contributed by atoms with Crippen molar-refractivity contribution in [1.29, 1.82) is 0 Å². The molecule has 0 saturated carbocycles. The van der Waals surface area contributed by atoms with Crippen molar-refractivity contribution in [3.63, 3.8) is 0 Å². The van der Waals surface area contributed by atoms with E-state index in [0.717, 1.165) is 0 Å². The first-order valence-electron chi connectivity index (χ1n) is 9.44. The van der Waals surface area contributed by atoms with E-state index in [1.165, 1.54) is 36.1 Å². The molecule has 1 spiro atoms. The zero-order valence-electron chi connectivity index (χ0n) is 16.7. The number of likely N-dealkylation sites (N-methyl/N-ethyl adjacent to an activating group) is 1. The number of likely N-dealkylation sites (tertiary alicyclic amines) is 1. The van der Waals surface area contributed by atoms with E-state index >= 15 is 0 Å². The number of amides is 4. The highest BCUT2D eigenvalue weighted by Crippen LogP contribution is 2.38. The summed E-state index contributed by atoms with van der Waals surface area (Å²) in [6, 6.07) is 3.95. The second-order valence-electron chi connectivity index (χ2n) is 7.79. The van der Waals surface area contributed by atoms with Gasteiger partial charge in [0.2, 0.25) is 0 Å². The lowest BCUT2D eigenvalue weighted by Gasteiger charge is -2.42. The van der Waals surface area contributed by atoms with Crippen LogP contribution in [0.3, 0.4) is 0 Å². The molecule has 1 aromatic rings. The second-order valence-corrected chi connectivity index (χ2v) is 7.79. The fourth-order valence-corrected chi connectivity index (χ4v) is 4.10. The third-order valence-corrected chi connectivity index (χ3v) is 5.57. The summed E-state index contributed by atoms with van der Waals surface area (Å²) in [5, 5.41) is 0. The molecule has 28 heavy (non-hydrogen) atoms. The van der Waals surface area contributed by atoms with Crippen LogP contribution in [0.1, 0.15) is 37.0 Å². The van der Waals surface area contributed by atoms with Crippen LogP contribution in [-0.2, 0) is 4.79 Å². The number of methoxy groups -OCH3 is 1. The average molecular weight is 391 g/mol. The van der Waals surface area contributed by atoms with E-state index in [0.29, 0.717) is 19.4 Å². The molecule has 152 valence electrons. The van der Waals surface area contributed by atoms with Gasteiger partial charge in [-0.15, -0.1) is 0 Å². The maximum atomic E-state index is 14.3. The lowest BCUT2D eigenvalue weighted by atomic mass is 9.85. The molecule has 2 fully saturated rings. The summed E-state index contributed by atoms with van der Waals surface area (Å²) < 4.78 is 19.4. The van der Waals surface area contributed by atoms with Gasteiger partial charge in [-0.3, -0.25) is 14.5 Å². The van der Waals surface area contributed by atoms with Crippen molar-refractivity contribution in [3.8, 4) is 5.75 Å². The summed E-state index contributed by atoms with van der Waals surface area (Å²) in [6.07, 6.45) is 0.661. The van der Waals surface area contributed by atoms with Gasteiger partial charge in [0.25, 0.3) is 11.8 Å². The first-order valence-corrected chi connectivity index (χ1v) is 9.44. The van der Waals surface area contributed by atoms with Gasteiger partial charge in [0.15, 0.2) is 0 Å². The molecular weight excluding hydrogens is 365 g/mol. The Morgan fingerprint density at radius 3 is 2.46 bits per heavy atom. The SMILES string of the molecule is COc1cccc(F)c1C(=O)N1CCC2(CC1)C(=O)N(C)C(=O)N2CC(C)C. The number of piperidine rings is 1. The van der Waals surface area contributed by atoms with Crippen LogP contribution in [0.2, 0.25) is 0 Å². The molecular formula is C20H26FN3O4. The van der Waals surface area contributed by atoms with Crippen LogP contribution in [0, 0.1) is 11.7 Å². The van der Waals surface area contributed by atoms with Crippen LogP contribution in [0.25, 0.3) is 0 Å². The fraction of sp³-hybridized carbons (Fsp3) is 0.550. The Morgan fingerprint density at radius 1 is 1.25 bits per heavy atom. The van der Waals surface area contributed by atoms with Crippen molar-refractivity contribution >= 4 is 17.8 Å². The topological polar surface area (TPSA) is 70.2 Å². The average Bonchev–Trinajstić information content (AvgIpc) is 2.84. The summed E-state index contributed by atoms with van der Waals surface area (Å²) in [5.74, 6) is -0.946. The molecule has 2 saturated heterocycles. The van der Waals surface area contributed by atoms with Crippen molar-refractivity contribution in [2.24, 2.45) is 5.92 Å². The number of hydrogen-bond acceptors (Lipinski definition) is 4. The predicted molar refractivity (Wildman–Crippen MR) is 101 cm³/mol. The van der Waals surface area contributed by atoms with Gasteiger partial charge in [0, 0.05) is 26.7 Å². The van der Waals surface area contributed by atoms with E-state index in [1.807, 2.05) is 13.8 Å². The zero-order valence-corrected chi connectivity index (χ0v) is 16.7. The minimum Gasteiger partial charge on any atom is -0.496 e. The Balaban J connectivity index is 1.83. The normalized spacial score (nSPS) is 19.1. The summed E-state index contributed by atoms with van der Waals surface area (Å²) in [7, 11) is 2.88. The molecule has 3 rings (SSSR count). The summed E-state index contributed by atoms with van der Waals surface area (Å²) in [5.41, 5.74) is -1.03. The quantitative estimate of drug-likeness (QED) is 0.739. The molecule has 0 radical (unpaired) electrons. The summed E-state index contributed by atoms with van der Waals surface area (Å²) in [4.78, 5) is 42.7. The number of urea groups is 1. The molecule has 0 aromatic heterocycles. The molecule has 0 bridgehead atoms. The molecule has 2 aliphatic rings. The van der Waals surface area contributed by atoms with E-state index in [9.17, 15) is 18.8 Å². The maximum absolute atomic E-state index is 14.3. The van der Waals surface area contributed by atoms with Gasteiger partial charge in [0.1, 0.15) is 22.7 Å². The van der Waals surface area contributed by atoms with Crippen LogP contribution < -0.4 is 4.74 Å². The molecule has 0 unspecified atom stereocenters. The number of halogens is 1. The number of benzene rings is 1. The van der Waals surface area contributed by atoms with Gasteiger partial charge in [0.05, 0.1) is 7.11 Å². The Bertz CT molecular complexity index is 803. The van der Waals surface area contributed by atoms with Crippen LogP contribution in [0.15, 0.2) is 18.2 Å². The molecule has 4 amide bonds. The number of imide groups is 1. The Labute approximate surface area is 164 Å². The third-order valence-electron chi connectivity index (χ3n) is 5.57. The van der Waals surface area contributed by atoms with Gasteiger partial charge in [-0.2, -0.15) is 0 Å². The summed E-state index contributed by atoms with van der Waals surface area (Å²) >= 11 is 0. The van der Waals surface area contributed by atoms with Crippen molar-refractivity contribution < 1.29 is 23.5 Å². The van der Waals surface area contributed by atoms with Crippen molar-refractivity contribution in [2.45, 2.75) is 32.2 Å². The van der Waals surface area contributed by atoms with Gasteiger partial charge < -0.3 is 14.5 Å². The monoisotopic (exact) mass is 391 g/mol. The van der Waals surface area contributed by atoms with Crippen LogP contribution in [0.5, 0.6) is 5.75 Å². The summed E-state index contributed by atoms with van der Waals surface area (Å²) in [6.45, 7) is 4.99. The van der Waals surface area contributed by atoms with Crippen molar-refractivity contribution in [1.82, 2.24) is 14.7 Å². The lowest BCUT2D eigenvalue weighted by Crippen LogP contribution is -2.58.